The molecule has 0 aromatic carbocycles. The third kappa shape index (κ3) is 2.46. The van der Waals surface area contributed by atoms with Gasteiger partial charge in [0.1, 0.15) is 6.23 Å². The zero-order valence-electron chi connectivity index (χ0n) is 4.53. The van der Waals surface area contributed by atoms with E-state index in [1.54, 1.807) is 0 Å². The molecule has 1 unspecified atom stereocenters. The Morgan fingerprint density at radius 3 is 2.33 bits per heavy atom. The van der Waals surface area contributed by atoms with Crippen LogP contribution in [0, 0.1) is 0 Å². The molecule has 1 saturated heterocycles. The third-order valence-corrected chi connectivity index (χ3v) is 2.26. The van der Waals surface area contributed by atoms with Gasteiger partial charge in [0.15, 0.2) is 2.14 Å². The molecule has 1 fully saturated rings. The van der Waals surface area contributed by atoms with E-state index >= 15 is 0 Å². The molecule has 0 aromatic rings. The first-order chi connectivity index (χ1) is 4.11. The molecule has 0 amide bonds. The summed E-state index contributed by atoms with van der Waals surface area (Å²) in [6.45, 7) is 1.68. The molecule has 5 heteroatoms. The van der Waals surface area contributed by atoms with Crippen LogP contribution < -0.4 is 5.32 Å². The number of alkyl halides is 3. The summed E-state index contributed by atoms with van der Waals surface area (Å²) >= 11 is 10.1. The van der Waals surface area contributed by atoms with Crippen molar-refractivity contribution in [2.24, 2.45) is 0 Å². The number of nitrogens with one attached hydrogen (secondary N) is 1. The van der Waals surface area contributed by atoms with Crippen molar-refractivity contribution in [1.29, 1.82) is 0 Å². The summed E-state index contributed by atoms with van der Waals surface area (Å²) in [5.41, 5.74) is 0. The van der Waals surface area contributed by atoms with E-state index in [0.29, 0.717) is 0 Å². The first-order valence-corrected chi connectivity index (χ1v) is 4.90. The standard InChI is InChI=1S/C4H6Br3NO/c5-4(6,7)3-8-1-2-9-3/h3,8H,1-2H2. The van der Waals surface area contributed by atoms with Crippen molar-refractivity contribution in [1.82, 2.24) is 5.32 Å². The molecule has 54 valence electrons. The number of halogens is 3. The highest BCUT2D eigenvalue weighted by atomic mass is 80.0. The molecule has 1 rings (SSSR count). The van der Waals surface area contributed by atoms with Gasteiger partial charge in [0.25, 0.3) is 0 Å². The van der Waals surface area contributed by atoms with Crippen molar-refractivity contribution in [3.63, 3.8) is 0 Å². The molecule has 0 aliphatic carbocycles. The van der Waals surface area contributed by atoms with E-state index in [9.17, 15) is 0 Å². The van der Waals surface area contributed by atoms with Gasteiger partial charge >= 0.3 is 0 Å². The molecule has 1 heterocycles. The van der Waals surface area contributed by atoms with Crippen molar-refractivity contribution < 1.29 is 4.74 Å². The average Bonchev–Trinajstić information content (AvgIpc) is 2.08. The lowest BCUT2D eigenvalue weighted by atomic mass is 10.6. The molecule has 0 saturated carbocycles. The highest BCUT2D eigenvalue weighted by molar-refractivity contribution is 9.39. The Bertz CT molecular complexity index is 96.5. The largest absolute Gasteiger partial charge is 0.359 e. The summed E-state index contributed by atoms with van der Waals surface area (Å²) in [6, 6.07) is 0. The molecule has 1 aliphatic heterocycles. The van der Waals surface area contributed by atoms with Crippen LogP contribution in [0.2, 0.25) is 0 Å². The zero-order valence-corrected chi connectivity index (χ0v) is 9.29. The lowest BCUT2D eigenvalue weighted by Gasteiger charge is -2.19. The van der Waals surface area contributed by atoms with E-state index in [1.165, 1.54) is 0 Å². The van der Waals surface area contributed by atoms with Crippen LogP contribution in [0.4, 0.5) is 0 Å². The molecular weight excluding hydrogens is 318 g/mol. The van der Waals surface area contributed by atoms with Crippen molar-refractivity contribution >= 4 is 47.8 Å². The van der Waals surface area contributed by atoms with Crippen LogP contribution in [0.15, 0.2) is 0 Å². The molecule has 0 bridgehead atoms. The minimum absolute atomic E-state index is 0.0116. The summed E-state index contributed by atoms with van der Waals surface area (Å²) in [5.74, 6) is 0. The van der Waals surface area contributed by atoms with Crippen LogP contribution in [0.3, 0.4) is 0 Å². The normalized spacial score (nSPS) is 29.0. The Labute approximate surface area is 79.1 Å². The Balaban J connectivity index is 2.42. The van der Waals surface area contributed by atoms with Gasteiger partial charge in [-0.15, -0.1) is 0 Å². The summed E-state index contributed by atoms with van der Waals surface area (Å²) in [6.07, 6.45) is 0.0116. The Kier molecular flexibility index (Phi) is 2.98. The van der Waals surface area contributed by atoms with Crippen molar-refractivity contribution in [2.75, 3.05) is 13.2 Å². The summed E-state index contributed by atoms with van der Waals surface area (Å²) in [7, 11) is 0. The van der Waals surface area contributed by atoms with E-state index in [2.05, 4.69) is 53.1 Å². The maximum atomic E-state index is 5.27. The molecule has 2 nitrogen and oxygen atoms in total. The van der Waals surface area contributed by atoms with E-state index in [1.807, 2.05) is 0 Å². The predicted octanol–water partition coefficient (Wildman–Crippen LogP) is 1.77. The van der Waals surface area contributed by atoms with Crippen molar-refractivity contribution in [2.45, 2.75) is 8.37 Å². The fraction of sp³-hybridized carbons (Fsp3) is 1.00. The van der Waals surface area contributed by atoms with Crippen LogP contribution >= 0.6 is 47.8 Å². The molecule has 1 N–H and O–H groups in total. The molecule has 1 aliphatic rings. The van der Waals surface area contributed by atoms with Gasteiger partial charge in [0, 0.05) is 6.54 Å². The average molecular weight is 324 g/mol. The first kappa shape index (κ1) is 8.46. The molecule has 0 aromatic heterocycles. The fourth-order valence-electron chi connectivity index (χ4n) is 0.636. The van der Waals surface area contributed by atoms with E-state index < -0.39 is 0 Å². The molecular formula is C4H6Br3NO. The van der Waals surface area contributed by atoms with Crippen molar-refractivity contribution in [3.05, 3.63) is 0 Å². The van der Waals surface area contributed by atoms with Crippen LogP contribution in [0.5, 0.6) is 0 Å². The molecule has 1 atom stereocenters. The maximum absolute atomic E-state index is 5.27. The summed E-state index contributed by atoms with van der Waals surface area (Å²) in [4.78, 5) is 0. The monoisotopic (exact) mass is 321 g/mol. The number of ether oxygens (including phenoxy) is 1. The van der Waals surface area contributed by atoms with Gasteiger partial charge in [-0.3, -0.25) is 5.32 Å². The Morgan fingerprint density at radius 1 is 1.44 bits per heavy atom. The van der Waals surface area contributed by atoms with Gasteiger partial charge in [-0.25, -0.2) is 0 Å². The second-order valence-corrected chi connectivity index (χ2v) is 8.69. The highest BCUT2D eigenvalue weighted by Gasteiger charge is 2.33. The van der Waals surface area contributed by atoms with E-state index in [-0.39, 0.29) is 8.37 Å². The number of hydrogen-bond donors (Lipinski definition) is 1. The zero-order chi connectivity index (χ0) is 6.91. The Hall–Kier alpha value is 1.36. The van der Waals surface area contributed by atoms with Gasteiger partial charge in [0.05, 0.1) is 6.61 Å². The van der Waals surface area contributed by atoms with Crippen LogP contribution in [-0.2, 0) is 4.74 Å². The van der Waals surface area contributed by atoms with Gasteiger partial charge < -0.3 is 4.74 Å². The number of rotatable bonds is 0. The summed E-state index contributed by atoms with van der Waals surface area (Å²) in [5, 5.41) is 3.13. The first-order valence-electron chi connectivity index (χ1n) is 2.52. The van der Waals surface area contributed by atoms with Gasteiger partial charge in [-0.1, -0.05) is 47.8 Å². The van der Waals surface area contributed by atoms with Crippen LogP contribution in [0.25, 0.3) is 0 Å². The van der Waals surface area contributed by atoms with Gasteiger partial charge in [0.2, 0.25) is 0 Å². The van der Waals surface area contributed by atoms with Crippen molar-refractivity contribution in [3.8, 4) is 0 Å². The third-order valence-electron chi connectivity index (χ3n) is 1.01. The highest BCUT2D eigenvalue weighted by Crippen LogP contribution is 2.38. The predicted molar refractivity (Wildman–Crippen MR) is 47.3 cm³/mol. The van der Waals surface area contributed by atoms with Gasteiger partial charge in [-0.2, -0.15) is 0 Å². The van der Waals surface area contributed by atoms with E-state index in [0.717, 1.165) is 13.2 Å². The lowest BCUT2D eigenvalue weighted by Crippen LogP contribution is -2.34. The topological polar surface area (TPSA) is 21.3 Å². The SMILES string of the molecule is BrC(Br)(Br)C1NCCO1. The van der Waals surface area contributed by atoms with Crippen LogP contribution in [-0.4, -0.2) is 21.5 Å². The smallest absolute Gasteiger partial charge is 0.174 e. The number of hydrogen-bond acceptors (Lipinski definition) is 2. The quantitative estimate of drug-likeness (QED) is 0.686. The fourth-order valence-corrected chi connectivity index (χ4v) is 1.52. The summed E-state index contributed by atoms with van der Waals surface area (Å²) < 4.78 is 4.95. The van der Waals surface area contributed by atoms with Gasteiger partial charge in [-0.05, 0) is 0 Å². The minimum atomic E-state index is -0.316. The lowest BCUT2D eigenvalue weighted by molar-refractivity contribution is 0.112. The second-order valence-electron chi connectivity index (χ2n) is 1.75. The molecule has 0 spiro atoms. The Morgan fingerprint density at radius 2 is 2.11 bits per heavy atom. The van der Waals surface area contributed by atoms with E-state index in [4.69, 9.17) is 4.74 Å². The second kappa shape index (κ2) is 3.17. The molecule has 9 heavy (non-hydrogen) atoms. The molecule has 0 radical (unpaired) electrons. The maximum Gasteiger partial charge on any atom is 0.174 e. The van der Waals surface area contributed by atoms with Crippen LogP contribution in [0.1, 0.15) is 0 Å². The minimum Gasteiger partial charge on any atom is -0.359 e.